The summed E-state index contributed by atoms with van der Waals surface area (Å²) in [4.78, 5) is 26.0. The van der Waals surface area contributed by atoms with Gasteiger partial charge in [0.15, 0.2) is 0 Å². The largest absolute Gasteiger partial charge is 0.481 e. The summed E-state index contributed by atoms with van der Waals surface area (Å²) in [7, 11) is 0. The molecule has 5 nitrogen and oxygen atoms in total. The molecule has 1 saturated carbocycles. The van der Waals surface area contributed by atoms with Gasteiger partial charge in [-0.05, 0) is 50.5 Å². The van der Waals surface area contributed by atoms with Crippen LogP contribution in [0.15, 0.2) is 30.3 Å². The molecule has 0 spiro atoms. The topological polar surface area (TPSA) is 69.6 Å². The van der Waals surface area contributed by atoms with Crippen molar-refractivity contribution in [3.63, 3.8) is 0 Å². The van der Waals surface area contributed by atoms with E-state index in [2.05, 4.69) is 36.5 Å². The fraction of sp³-hybridized carbons (Fsp3) is 0.619. The van der Waals surface area contributed by atoms with Crippen molar-refractivity contribution in [2.24, 2.45) is 5.92 Å². The average molecular weight is 358 g/mol. The molecule has 2 N–H and O–H groups in total. The van der Waals surface area contributed by atoms with Crippen LogP contribution in [0.3, 0.4) is 0 Å². The van der Waals surface area contributed by atoms with E-state index < -0.39 is 5.97 Å². The number of carbonyl (C=O) groups is 2. The average Bonchev–Trinajstić information content (AvgIpc) is 3.13. The number of likely N-dealkylation sites (tertiary alicyclic amines) is 1. The Morgan fingerprint density at radius 2 is 1.85 bits per heavy atom. The van der Waals surface area contributed by atoms with Crippen molar-refractivity contribution < 1.29 is 14.7 Å². The minimum absolute atomic E-state index is 0.0284. The van der Waals surface area contributed by atoms with E-state index in [1.807, 2.05) is 11.0 Å². The van der Waals surface area contributed by atoms with E-state index in [4.69, 9.17) is 5.11 Å². The van der Waals surface area contributed by atoms with Gasteiger partial charge in [-0.2, -0.15) is 0 Å². The second-order valence-corrected chi connectivity index (χ2v) is 7.66. The van der Waals surface area contributed by atoms with Gasteiger partial charge in [-0.25, -0.2) is 4.79 Å². The van der Waals surface area contributed by atoms with Crippen LogP contribution >= 0.6 is 0 Å². The molecule has 26 heavy (non-hydrogen) atoms. The number of carbonyl (C=O) groups excluding carboxylic acids is 1. The number of aliphatic carboxylic acids is 1. The molecular formula is C21H30N2O3. The summed E-state index contributed by atoms with van der Waals surface area (Å²) < 4.78 is 0. The maximum Gasteiger partial charge on any atom is 0.317 e. The summed E-state index contributed by atoms with van der Waals surface area (Å²) in [6.45, 7) is 3.00. The Balaban J connectivity index is 1.61. The summed E-state index contributed by atoms with van der Waals surface area (Å²) in [5, 5.41) is 12.3. The summed E-state index contributed by atoms with van der Waals surface area (Å²) >= 11 is 0. The number of carboxylic acids is 1. The van der Waals surface area contributed by atoms with Crippen molar-refractivity contribution in [3.05, 3.63) is 35.9 Å². The molecular weight excluding hydrogens is 328 g/mol. The Labute approximate surface area is 155 Å². The smallest absolute Gasteiger partial charge is 0.317 e. The number of hydrogen-bond donors (Lipinski definition) is 2. The van der Waals surface area contributed by atoms with E-state index in [1.54, 1.807) is 0 Å². The lowest BCUT2D eigenvalue weighted by molar-refractivity contribution is -0.142. The molecule has 1 saturated heterocycles. The van der Waals surface area contributed by atoms with E-state index in [0.717, 1.165) is 38.6 Å². The molecule has 1 aromatic rings. The van der Waals surface area contributed by atoms with Crippen LogP contribution in [0, 0.1) is 5.92 Å². The van der Waals surface area contributed by atoms with Crippen LogP contribution in [-0.4, -0.2) is 40.6 Å². The first-order valence-corrected chi connectivity index (χ1v) is 9.95. The van der Waals surface area contributed by atoms with Gasteiger partial charge in [-0.3, -0.25) is 4.79 Å². The highest BCUT2D eigenvalue weighted by atomic mass is 16.4. The van der Waals surface area contributed by atoms with Gasteiger partial charge >= 0.3 is 12.0 Å². The maximum absolute atomic E-state index is 12.9. The molecule has 1 aromatic carbocycles. The van der Waals surface area contributed by atoms with Gasteiger partial charge < -0.3 is 15.3 Å². The van der Waals surface area contributed by atoms with Crippen LogP contribution in [0.4, 0.5) is 4.79 Å². The summed E-state index contributed by atoms with van der Waals surface area (Å²) in [6.07, 6.45) is 5.95. The molecule has 2 amide bonds. The predicted molar refractivity (Wildman–Crippen MR) is 101 cm³/mol. The second-order valence-electron chi connectivity index (χ2n) is 7.66. The van der Waals surface area contributed by atoms with Crippen LogP contribution in [0.25, 0.3) is 0 Å². The van der Waals surface area contributed by atoms with Crippen molar-refractivity contribution in [2.45, 2.75) is 69.9 Å². The highest BCUT2D eigenvalue weighted by Gasteiger charge is 2.36. The molecule has 3 rings (SSSR count). The van der Waals surface area contributed by atoms with E-state index in [-0.39, 0.29) is 24.0 Å². The number of nitrogens with one attached hydrogen (secondary N) is 1. The highest BCUT2D eigenvalue weighted by Crippen LogP contribution is 2.34. The summed E-state index contributed by atoms with van der Waals surface area (Å²) in [6, 6.07) is 10.9. The van der Waals surface area contributed by atoms with Crippen molar-refractivity contribution in [3.8, 4) is 0 Å². The molecule has 5 heteroatoms. The molecule has 142 valence electrons. The minimum atomic E-state index is -0.706. The van der Waals surface area contributed by atoms with Gasteiger partial charge in [0.05, 0.1) is 5.92 Å². The van der Waals surface area contributed by atoms with E-state index in [0.29, 0.717) is 18.8 Å². The number of rotatable bonds is 5. The molecule has 1 heterocycles. The second kappa shape index (κ2) is 8.56. The third-order valence-electron chi connectivity index (χ3n) is 6.10. The van der Waals surface area contributed by atoms with Gasteiger partial charge in [-0.1, -0.05) is 37.3 Å². The lowest BCUT2D eigenvalue weighted by atomic mass is 9.86. The molecule has 2 fully saturated rings. The third kappa shape index (κ3) is 4.19. The van der Waals surface area contributed by atoms with E-state index >= 15 is 0 Å². The SMILES string of the molecule is CCC(c1ccccc1)C1CCCN1C(=O)NC1CCC(C(=O)O)CC1. The van der Waals surface area contributed by atoms with E-state index in [9.17, 15) is 9.59 Å². The molecule has 1 aliphatic heterocycles. The first kappa shape index (κ1) is 18.7. The van der Waals surface area contributed by atoms with E-state index in [1.165, 1.54) is 5.56 Å². The number of benzene rings is 1. The Morgan fingerprint density at radius 3 is 2.46 bits per heavy atom. The molecule has 0 radical (unpaired) electrons. The van der Waals surface area contributed by atoms with Crippen LogP contribution in [0.1, 0.15) is 63.4 Å². The van der Waals surface area contributed by atoms with Crippen molar-refractivity contribution in [2.75, 3.05) is 6.54 Å². The molecule has 2 unspecified atom stereocenters. The lowest BCUT2D eigenvalue weighted by Gasteiger charge is -2.34. The number of hydrogen-bond acceptors (Lipinski definition) is 2. The monoisotopic (exact) mass is 358 g/mol. The van der Waals surface area contributed by atoms with Crippen molar-refractivity contribution in [1.82, 2.24) is 10.2 Å². The van der Waals surface area contributed by atoms with Gasteiger partial charge in [0, 0.05) is 24.5 Å². The zero-order chi connectivity index (χ0) is 18.5. The number of amides is 2. The third-order valence-corrected chi connectivity index (χ3v) is 6.10. The number of nitrogens with zero attached hydrogens (tertiary/aromatic N) is 1. The normalized spacial score (nSPS) is 27.1. The first-order chi connectivity index (χ1) is 12.6. The molecule has 0 aromatic heterocycles. The van der Waals surface area contributed by atoms with Gasteiger partial charge in [0.25, 0.3) is 0 Å². The van der Waals surface area contributed by atoms with Gasteiger partial charge in [0.1, 0.15) is 0 Å². The van der Waals surface area contributed by atoms with Gasteiger partial charge in [0.2, 0.25) is 0 Å². The summed E-state index contributed by atoms with van der Waals surface area (Å²) in [5.41, 5.74) is 1.31. The van der Waals surface area contributed by atoms with Crippen LogP contribution in [0.5, 0.6) is 0 Å². The number of urea groups is 1. The molecule has 0 bridgehead atoms. The Morgan fingerprint density at radius 1 is 1.15 bits per heavy atom. The fourth-order valence-electron chi connectivity index (χ4n) is 4.64. The molecule has 1 aliphatic carbocycles. The quantitative estimate of drug-likeness (QED) is 0.836. The van der Waals surface area contributed by atoms with Crippen LogP contribution < -0.4 is 5.32 Å². The Kier molecular flexibility index (Phi) is 6.17. The first-order valence-electron chi connectivity index (χ1n) is 9.95. The van der Waals surface area contributed by atoms with Gasteiger partial charge in [-0.15, -0.1) is 0 Å². The molecule has 2 atom stereocenters. The number of carboxylic acid groups (broad SMARTS) is 1. The standard InChI is InChI=1S/C21H30N2O3/c1-2-18(15-7-4-3-5-8-15)19-9-6-14-23(19)21(26)22-17-12-10-16(11-13-17)20(24)25/h3-5,7-8,16-19H,2,6,9-14H2,1H3,(H,22,26)(H,24,25). The Bertz CT molecular complexity index is 611. The summed E-state index contributed by atoms with van der Waals surface area (Å²) in [5.74, 6) is -0.583. The molecule has 2 aliphatic rings. The van der Waals surface area contributed by atoms with Crippen LogP contribution in [-0.2, 0) is 4.79 Å². The highest BCUT2D eigenvalue weighted by molar-refractivity contribution is 5.75. The maximum atomic E-state index is 12.9. The fourth-order valence-corrected chi connectivity index (χ4v) is 4.64. The zero-order valence-electron chi connectivity index (χ0n) is 15.6. The van der Waals surface area contributed by atoms with Crippen molar-refractivity contribution in [1.29, 1.82) is 0 Å². The Hall–Kier alpha value is -2.04. The predicted octanol–water partition coefficient (Wildman–Crippen LogP) is 4.00. The lowest BCUT2D eigenvalue weighted by Crippen LogP contribution is -2.49. The minimum Gasteiger partial charge on any atom is -0.481 e. The van der Waals surface area contributed by atoms with Crippen LogP contribution in [0.2, 0.25) is 0 Å². The zero-order valence-corrected chi connectivity index (χ0v) is 15.6. The van der Waals surface area contributed by atoms with Crippen molar-refractivity contribution >= 4 is 12.0 Å².